The Balaban J connectivity index is 0.000000160. The summed E-state index contributed by atoms with van der Waals surface area (Å²) >= 11 is 0. The van der Waals surface area contributed by atoms with E-state index in [2.05, 4.69) is 0 Å². The number of rotatable bonds is 0. The van der Waals surface area contributed by atoms with Crippen molar-refractivity contribution in [3.63, 3.8) is 0 Å². The summed E-state index contributed by atoms with van der Waals surface area (Å²) < 4.78 is 0. The van der Waals surface area contributed by atoms with Crippen molar-refractivity contribution in [3.8, 4) is 11.5 Å². The third-order valence-electron chi connectivity index (χ3n) is 2.21. The van der Waals surface area contributed by atoms with Crippen LogP contribution in [0.4, 0.5) is 0 Å². The van der Waals surface area contributed by atoms with Crippen LogP contribution in [0.5, 0.6) is 11.5 Å². The summed E-state index contributed by atoms with van der Waals surface area (Å²) in [5.41, 5.74) is -2.02. The number of aliphatic hydroxyl groups is 2. The molecule has 4 atom stereocenters. The first kappa shape index (κ1) is 12.6. The molecule has 0 aliphatic heterocycles. The van der Waals surface area contributed by atoms with E-state index in [1.807, 2.05) is 0 Å². The van der Waals surface area contributed by atoms with E-state index in [0.29, 0.717) is 0 Å². The van der Waals surface area contributed by atoms with Crippen molar-refractivity contribution in [2.45, 2.75) is 24.4 Å². The molecule has 90 valence electrons. The highest BCUT2D eigenvalue weighted by Gasteiger charge is 2.33. The van der Waals surface area contributed by atoms with E-state index >= 15 is 0 Å². The van der Waals surface area contributed by atoms with Crippen LogP contribution in [0.15, 0.2) is 9.59 Å². The predicted molar refractivity (Wildman–Crippen MR) is 44.3 cm³/mol. The Kier molecular flexibility index (Phi) is 3.29. The average Bonchev–Trinajstić information content (AvgIpc) is 2.34. The molecule has 4 N–H and O–H groups in total. The van der Waals surface area contributed by atoms with Crippen molar-refractivity contribution in [1.29, 1.82) is 0 Å². The van der Waals surface area contributed by atoms with E-state index in [1.54, 1.807) is 0 Å². The molecule has 8 heteroatoms. The van der Waals surface area contributed by atoms with Crippen LogP contribution in [-0.4, -0.2) is 44.8 Å². The van der Waals surface area contributed by atoms with E-state index < -0.39 is 46.8 Å². The molecule has 2 rings (SSSR count). The van der Waals surface area contributed by atoms with Crippen LogP contribution in [0.2, 0.25) is 0 Å². The third-order valence-corrected chi connectivity index (χ3v) is 2.21. The molecule has 1 aromatic carbocycles. The fourth-order valence-corrected chi connectivity index (χ4v) is 1.000. The minimum absolute atomic E-state index is 0.824. The molecule has 0 amide bonds. The lowest BCUT2D eigenvalue weighted by molar-refractivity contribution is -0.588. The van der Waals surface area contributed by atoms with Gasteiger partial charge in [-0.05, 0) is 0 Å². The first-order chi connectivity index (χ1) is 7.29. The van der Waals surface area contributed by atoms with Crippen molar-refractivity contribution >= 4 is 0 Å². The fourth-order valence-electron chi connectivity index (χ4n) is 1.000. The molecule has 1 saturated carbocycles. The third kappa shape index (κ3) is 1.78. The maximum absolute atomic E-state index is 10.1. The van der Waals surface area contributed by atoms with Gasteiger partial charge in [0.05, 0.1) is 12.2 Å². The van der Waals surface area contributed by atoms with Crippen molar-refractivity contribution in [2.24, 2.45) is 0 Å². The number of aliphatic hydroxyl groups excluding tert-OH is 2. The molecule has 8 nitrogen and oxygen atoms in total. The van der Waals surface area contributed by atoms with Crippen molar-refractivity contribution < 1.29 is 30.6 Å². The standard InChI is InChI=1S/C4H6O4.C4H2O4/c2*5-1-2(6)4(8)3(1)7/h1-6H;5-6H/q-2;. The van der Waals surface area contributed by atoms with E-state index in [0.717, 1.165) is 0 Å². The van der Waals surface area contributed by atoms with E-state index in [1.165, 1.54) is 0 Å². The molecular weight excluding hydrogens is 224 g/mol. The largest absolute Gasteiger partial charge is 0.851 e. The zero-order chi connectivity index (χ0) is 12.6. The minimum atomic E-state index is -1.52. The van der Waals surface area contributed by atoms with Gasteiger partial charge in [-0.1, -0.05) is 0 Å². The highest BCUT2D eigenvalue weighted by atomic mass is 16.4. The van der Waals surface area contributed by atoms with Crippen LogP contribution < -0.4 is 21.1 Å². The van der Waals surface area contributed by atoms with Crippen LogP contribution in [0.1, 0.15) is 0 Å². The lowest BCUT2D eigenvalue weighted by Crippen LogP contribution is -2.74. The lowest BCUT2D eigenvalue weighted by Gasteiger charge is -2.55. The van der Waals surface area contributed by atoms with Crippen molar-refractivity contribution in [3.05, 3.63) is 20.4 Å². The monoisotopic (exact) mass is 232 g/mol. The molecule has 1 aliphatic rings. The predicted octanol–water partition coefficient (Wildman–Crippen LogP) is -5.13. The van der Waals surface area contributed by atoms with Gasteiger partial charge in [-0.15, -0.1) is 12.2 Å². The Labute approximate surface area is 88.0 Å². The topological polar surface area (TPSA) is 161 Å². The first-order valence-electron chi connectivity index (χ1n) is 4.18. The maximum atomic E-state index is 10.1. The van der Waals surface area contributed by atoms with Crippen molar-refractivity contribution in [2.75, 3.05) is 0 Å². The molecule has 0 spiro atoms. The highest BCUT2D eigenvalue weighted by Crippen LogP contribution is 2.16. The quantitative estimate of drug-likeness (QED) is 0.323. The number of aromatic hydroxyl groups is 2. The van der Waals surface area contributed by atoms with Gasteiger partial charge >= 0.3 is 0 Å². The number of hydrogen-bond acceptors (Lipinski definition) is 8. The molecule has 1 aliphatic carbocycles. The zero-order valence-electron chi connectivity index (χ0n) is 7.73. The summed E-state index contributed by atoms with van der Waals surface area (Å²) in [6.07, 6.45) is -5.72. The molecule has 0 aromatic heterocycles. The molecule has 0 saturated heterocycles. The molecule has 1 aromatic rings. The Hall–Kier alpha value is -1.48. The van der Waals surface area contributed by atoms with E-state index in [9.17, 15) is 19.8 Å². The van der Waals surface area contributed by atoms with Gasteiger partial charge in [0.15, 0.2) is 0 Å². The van der Waals surface area contributed by atoms with Crippen LogP contribution in [0, 0.1) is 0 Å². The average molecular weight is 232 g/mol. The van der Waals surface area contributed by atoms with Crippen molar-refractivity contribution in [1.82, 2.24) is 0 Å². The van der Waals surface area contributed by atoms with Crippen LogP contribution in [-0.2, 0) is 0 Å². The summed E-state index contributed by atoms with van der Waals surface area (Å²) in [4.78, 5) is 19.9. The molecule has 1 fully saturated rings. The van der Waals surface area contributed by atoms with Gasteiger partial charge in [-0.3, -0.25) is 9.59 Å². The molecule has 4 unspecified atom stereocenters. The molecule has 16 heavy (non-hydrogen) atoms. The van der Waals surface area contributed by atoms with Crippen LogP contribution in [0.25, 0.3) is 0 Å². The summed E-state index contributed by atoms with van der Waals surface area (Å²) in [5, 5.41) is 53.5. The zero-order valence-corrected chi connectivity index (χ0v) is 7.73. The molecule has 0 radical (unpaired) electrons. The molecular formula is C8H8O8-2. The Morgan fingerprint density at radius 1 is 0.812 bits per heavy atom. The van der Waals surface area contributed by atoms with Gasteiger partial charge in [-0.25, -0.2) is 0 Å². The first-order valence-corrected chi connectivity index (χ1v) is 4.18. The van der Waals surface area contributed by atoms with Gasteiger partial charge in [0.2, 0.25) is 11.5 Å². The van der Waals surface area contributed by atoms with Gasteiger partial charge in [0.25, 0.3) is 10.9 Å². The van der Waals surface area contributed by atoms with E-state index in [-0.39, 0.29) is 0 Å². The maximum Gasteiger partial charge on any atom is 0.275 e. The number of hydrogen-bond donors (Lipinski definition) is 4. The second-order valence-electron chi connectivity index (χ2n) is 3.27. The second kappa shape index (κ2) is 4.18. The highest BCUT2D eigenvalue weighted by molar-refractivity contribution is 5.42. The Morgan fingerprint density at radius 3 is 1.19 bits per heavy atom. The minimum Gasteiger partial charge on any atom is -0.851 e. The van der Waals surface area contributed by atoms with Gasteiger partial charge in [0.1, 0.15) is 0 Å². The van der Waals surface area contributed by atoms with Crippen LogP contribution in [0.3, 0.4) is 0 Å². The van der Waals surface area contributed by atoms with Crippen LogP contribution >= 0.6 is 0 Å². The molecule has 0 bridgehead atoms. The summed E-state index contributed by atoms with van der Waals surface area (Å²) in [7, 11) is 0. The smallest absolute Gasteiger partial charge is 0.275 e. The van der Waals surface area contributed by atoms with E-state index in [4.69, 9.17) is 20.4 Å². The summed E-state index contributed by atoms with van der Waals surface area (Å²) in [6.45, 7) is 0. The molecule has 0 heterocycles. The Morgan fingerprint density at radius 2 is 1.06 bits per heavy atom. The second-order valence-corrected chi connectivity index (χ2v) is 3.27. The normalized spacial score (nSPS) is 32.8. The van der Waals surface area contributed by atoms with Gasteiger partial charge < -0.3 is 30.6 Å². The van der Waals surface area contributed by atoms with Gasteiger partial charge in [0, 0.05) is 0 Å². The Bertz CT molecular complexity index is 383. The summed E-state index contributed by atoms with van der Waals surface area (Å²) in [6, 6.07) is 0. The lowest BCUT2D eigenvalue weighted by atomic mass is 9.85. The fraction of sp³-hybridized carbons (Fsp3) is 0.500. The van der Waals surface area contributed by atoms with Gasteiger partial charge in [-0.2, -0.15) is 0 Å². The summed E-state index contributed by atoms with van der Waals surface area (Å²) in [5.74, 6) is -1.65. The SMILES string of the molecule is O=c1c(O)c(O)c1=O.[O-]C1C([O-])C(O)C1O.